The summed E-state index contributed by atoms with van der Waals surface area (Å²) in [5.41, 5.74) is 2.19. The van der Waals surface area contributed by atoms with E-state index in [1.54, 1.807) is 31.4 Å². The van der Waals surface area contributed by atoms with E-state index in [2.05, 4.69) is 16.0 Å². The van der Waals surface area contributed by atoms with Gasteiger partial charge in [0, 0.05) is 17.8 Å². The highest BCUT2D eigenvalue weighted by Crippen LogP contribution is 2.18. The Balaban J connectivity index is 1.69. The van der Waals surface area contributed by atoms with Gasteiger partial charge in [0.25, 0.3) is 5.91 Å². The topological polar surface area (TPSA) is 79.5 Å². The van der Waals surface area contributed by atoms with E-state index in [1.807, 2.05) is 60.7 Å². The highest BCUT2D eigenvalue weighted by atomic mass is 16.5. The van der Waals surface area contributed by atoms with E-state index in [0.29, 0.717) is 17.0 Å². The minimum Gasteiger partial charge on any atom is -0.496 e. The molecule has 148 valence electrons. The number of anilines is 1. The molecule has 0 fully saturated rings. The average Bonchev–Trinajstić information content (AvgIpc) is 2.77. The molecule has 3 amide bonds. The first kappa shape index (κ1) is 19.9. The molecular formula is C23H23N3O3. The molecule has 0 bridgehead atoms. The zero-order valence-corrected chi connectivity index (χ0v) is 16.1. The maximum absolute atomic E-state index is 12.8. The Morgan fingerprint density at radius 2 is 1.48 bits per heavy atom. The highest BCUT2D eigenvalue weighted by molar-refractivity contribution is 5.97. The molecule has 29 heavy (non-hydrogen) atoms. The monoisotopic (exact) mass is 389 g/mol. The summed E-state index contributed by atoms with van der Waals surface area (Å²) >= 11 is 0. The average molecular weight is 389 g/mol. The summed E-state index contributed by atoms with van der Waals surface area (Å²) in [5, 5.41) is 8.38. The van der Waals surface area contributed by atoms with Gasteiger partial charge in [0.15, 0.2) is 0 Å². The maximum Gasteiger partial charge on any atom is 0.315 e. The van der Waals surface area contributed by atoms with Crippen molar-refractivity contribution in [3.8, 4) is 5.75 Å². The molecule has 0 spiro atoms. The molecule has 3 N–H and O–H groups in total. The molecule has 3 rings (SSSR count). The number of para-hydroxylation sites is 2. The maximum atomic E-state index is 12.8. The molecule has 0 aliphatic carbocycles. The van der Waals surface area contributed by atoms with Crippen molar-refractivity contribution in [1.29, 1.82) is 0 Å². The quantitative estimate of drug-likeness (QED) is 0.574. The number of carbonyl (C=O) groups excluding carboxylic acids is 2. The Hall–Kier alpha value is -3.80. The molecule has 3 aromatic rings. The van der Waals surface area contributed by atoms with E-state index in [-0.39, 0.29) is 12.5 Å². The number of benzene rings is 3. The first-order chi connectivity index (χ1) is 14.2. The third kappa shape index (κ3) is 5.59. The van der Waals surface area contributed by atoms with Crippen LogP contribution in [0.15, 0.2) is 84.9 Å². The van der Waals surface area contributed by atoms with Crippen molar-refractivity contribution in [1.82, 2.24) is 10.6 Å². The second kappa shape index (κ2) is 9.94. The Kier molecular flexibility index (Phi) is 6.84. The number of hydrogen-bond acceptors (Lipinski definition) is 3. The number of carbonyl (C=O) groups is 2. The van der Waals surface area contributed by atoms with Crippen LogP contribution in [0, 0.1) is 0 Å². The fraction of sp³-hybridized carbons (Fsp3) is 0.130. The number of urea groups is 1. The lowest BCUT2D eigenvalue weighted by Gasteiger charge is -2.19. The number of methoxy groups -OCH3 is 1. The standard InChI is InChI=1S/C23H23N3O3/c1-29-20-15-9-8-12-18(20)16-24-23(28)26-21(17-10-4-2-5-11-17)22(27)25-19-13-6-3-7-14-19/h2-15,21H,16H2,1H3,(H,25,27)(H2,24,26,28). The van der Waals surface area contributed by atoms with E-state index in [0.717, 1.165) is 5.56 Å². The predicted molar refractivity (Wildman–Crippen MR) is 113 cm³/mol. The number of hydrogen-bond donors (Lipinski definition) is 3. The van der Waals surface area contributed by atoms with Crippen LogP contribution >= 0.6 is 0 Å². The molecule has 1 atom stereocenters. The van der Waals surface area contributed by atoms with Crippen LogP contribution in [0.3, 0.4) is 0 Å². The number of nitrogens with one attached hydrogen (secondary N) is 3. The van der Waals surface area contributed by atoms with Gasteiger partial charge < -0.3 is 20.7 Å². The Morgan fingerprint density at radius 3 is 2.17 bits per heavy atom. The predicted octanol–water partition coefficient (Wildman–Crippen LogP) is 3.87. The van der Waals surface area contributed by atoms with Crippen molar-refractivity contribution in [3.63, 3.8) is 0 Å². The van der Waals surface area contributed by atoms with Crippen LogP contribution in [0.5, 0.6) is 5.75 Å². The lowest BCUT2D eigenvalue weighted by atomic mass is 10.1. The molecule has 3 aromatic carbocycles. The Labute approximate surface area is 169 Å². The molecule has 0 saturated carbocycles. The molecular weight excluding hydrogens is 366 g/mol. The van der Waals surface area contributed by atoms with Gasteiger partial charge in [-0.3, -0.25) is 4.79 Å². The zero-order chi connectivity index (χ0) is 20.5. The van der Waals surface area contributed by atoms with Gasteiger partial charge in [0.05, 0.1) is 7.11 Å². The van der Waals surface area contributed by atoms with Crippen LogP contribution in [-0.2, 0) is 11.3 Å². The van der Waals surface area contributed by atoms with E-state index in [4.69, 9.17) is 4.74 Å². The molecule has 0 heterocycles. The van der Waals surface area contributed by atoms with Crippen molar-refractivity contribution in [2.45, 2.75) is 12.6 Å². The molecule has 0 radical (unpaired) electrons. The van der Waals surface area contributed by atoms with E-state index < -0.39 is 12.1 Å². The number of ether oxygens (including phenoxy) is 1. The highest BCUT2D eigenvalue weighted by Gasteiger charge is 2.22. The molecule has 1 unspecified atom stereocenters. The van der Waals surface area contributed by atoms with Crippen LogP contribution in [0.2, 0.25) is 0 Å². The van der Waals surface area contributed by atoms with Crippen LogP contribution < -0.4 is 20.7 Å². The summed E-state index contributed by atoms with van der Waals surface area (Å²) in [5.74, 6) is 0.365. The van der Waals surface area contributed by atoms with Crippen molar-refractivity contribution in [3.05, 3.63) is 96.1 Å². The van der Waals surface area contributed by atoms with Crippen LogP contribution in [0.4, 0.5) is 10.5 Å². The summed E-state index contributed by atoms with van der Waals surface area (Å²) in [6.45, 7) is 0.275. The summed E-state index contributed by atoms with van der Waals surface area (Å²) < 4.78 is 5.30. The van der Waals surface area contributed by atoms with E-state index in [9.17, 15) is 9.59 Å². The van der Waals surface area contributed by atoms with Crippen molar-refractivity contribution >= 4 is 17.6 Å². The smallest absolute Gasteiger partial charge is 0.315 e. The van der Waals surface area contributed by atoms with Gasteiger partial charge in [0.2, 0.25) is 0 Å². The molecule has 0 aromatic heterocycles. The summed E-state index contributed by atoms with van der Waals surface area (Å²) in [6, 6.07) is 24.4. The van der Waals surface area contributed by atoms with Gasteiger partial charge in [-0.25, -0.2) is 4.79 Å². The summed E-state index contributed by atoms with van der Waals surface area (Å²) in [4.78, 5) is 25.4. The second-order valence-electron chi connectivity index (χ2n) is 6.34. The zero-order valence-electron chi connectivity index (χ0n) is 16.1. The second-order valence-corrected chi connectivity index (χ2v) is 6.34. The lowest BCUT2D eigenvalue weighted by molar-refractivity contribution is -0.118. The molecule has 0 aliphatic heterocycles. The third-order valence-corrected chi connectivity index (χ3v) is 4.34. The molecule has 0 aliphatic rings. The SMILES string of the molecule is COc1ccccc1CNC(=O)NC(C(=O)Nc1ccccc1)c1ccccc1. The molecule has 6 heteroatoms. The first-order valence-electron chi connectivity index (χ1n) is 9.24. The summed E-state index contributed by atoms with van der Waals surface area (Å²) in [6.07, 6.45) is 0. The molecule has 6 nitrogen and oxygen atoms in total. The first-order valence-corrected chi connectivity index (χ1v) is 9.24. The largest absolute Gasteiger partial charge is 0.496 e. The van der Waals surface area contributed by atoms with Crippen LogP contribution in [-0.4, -0.2) is 19.0 Å². The third-order valence-electron chi connectivity index (χ3n) is 4.34. The Bertz CT molecular complexity index is 946. The van der Waals surface area contributed by atoms with Gasteiger partial charge in [-0.05, 0) is 23.8 Å². The van der Waals surface area contributed by atoms with Gasteiger partial charge in [-0.15, -0.1) is 0 Å². The number of rotatable bonds is 7. The van der Waals surface area contributed by atoms with Crippen LogP contribution in [0.1, 0.15) is 17.2 Å². The fourth-order valence-electron chi connectivity index (χ4n) is 2.89. The normalized spacial score (nSPS) is 11.2. The van der Waals surface area contributed by atoms with Crippen molar-refractivity contribution in [2.75, 3.05) is 12.4 Å². The van der Waals surface area contributed by atoms with Gasteiger partial charge in [-0.2, -0.15) is 0 Å². The summed E-state index contributed by atoms with van der Waals surface area (Å²) in [7, 11) is 1.58. The van der Waals surface area contributed by atoms with Gasteiger partial charge in [0.1, 0.15) is 11.8 Å². The van der Waals surface area contributed by atoms with Crippen molar-refractivity contribution in [2.24, 2.45) is 0 Å². The van der Waals surface area contributed by atoms with Gasteiger partial charge >= 0.3 is 6.03 Å². The minimum absolute atomic E-state index is 0.275. The van der Waals surface area contributed by atoms with E-state index in [1.165, 1.54) is 0 Å². The number of amides is 3. The van der Waals surface area contributed by atoms with Crippen LogP contribution in [0.25, 0.3) is 0 Å². The lowest BCUT2D eigenvalue weighted by Crippen LogP contribution is -2.42. The van der Waals surface area contributed by atoms with Crippen molar-refractivity contribution < 1.29 is 14.3 Å². The minimum atomic E-state index is -0.839. The molecule has 0 saturated heterocycles. The van der Waals surface area contributed by atoms with E-state index >= 15 is 0 Å². The Morgan fingerprint density at radius 1 is 0.862 bits per heavy atom. The fourth-order valence-corrected chi connectivity index (χ4v) is 2.89. The van der Waals surface area contributed by atoms with Gasteiger partial charge in [-0.1, -0.05) is 66.7 Å².